The molecule has 0 saturated carbocycles. The molecule has 2 aromatic rings. The second kappa shape index (κ2) is 8.01. The van der Waals surface area contributed by atoms with Crippen LogP contribution in [0.5, 0.6) is 0 Å². The van der Waals surface area contributed by atoms with Crippen LogP contribution in [0, 0.1) is 11.7 Å². The molecular formula is C21H26FN3O3. The summed E-state index contributed by atoms with van der Waals surface area (Å²) in [5.41, 5.74) is 3.19. The third kappa shape index (κ3) is 3.56. The predicted octanol–water partition coefficient (Wildman–Crippen LogP) is 2.10. The molecular weight excluding hydrogens is 361 g/mol. The lowest BCUT2D eigenvalue weighted by Gasteiger charge is -2.34. The molecule has 1 aromatic heterocycles. The van der Waals surface area contributed by atoms with Crippen LogP contribution < -0.4 is 0 Å². The van der Waals surface area contributed by atoms with Crippen LogP contribution in [0.4, 0.5) is 4.39 Å². The van der Waals surface area contributed by atoms with Crippen LogP contribution in [0.15, 0.2) is 24.3 Å². The lowest BCUT2D eigenvalue weighted by atomic mass is 9.94. The monoisotopic (exact) mass is 387 g/mol. The molecule has 0 radical (unpaired) electrons. The number of aromatic nitrogens is 2. The van der Waals surface area contributed by atoms with Gasteiger partial charge in [0.15, 0.2) is 5.69 Å². The molecule has 2 N–H and O–H groups in total. The fourth-order valence-electron chi connectivity index (χ4n) is 4.27. The van der Waals surface area contributed by atoms with E-state index in [1.54, 1.807) is 21.7 Å². The number of fused-ring (bicyclic) bond motifs is 1. The average molecular weight is 387 g/mol. The Morgan fingerprint density at radius 1 is 1.18 bits per heavy atom. The number of carbonyl (C=O) groups excluding carboxylic acids is 1. The second-order valence-electron chi connectivity index (χ2n) is 7.77. The summed E-state index contributed by atoms with van der Waals surface area (Å²) in [5, 5.41) is 24.2. The molecule has 2 unspecified atom stereocenters. The topological polar surface area (TPSA) is 78.6 Å². The quantitative estimate of drug-likeness (QED) is 0.791. The first-order valence-corrected chi connectivity index (χ1v) is 10.0. The Bertz CT molecular complexity index is 849. The van der Waals surface area contributed by atoms with E-state index in [4.69, 9.17) is 0 Å². The van der Waals surface area contributed by atoms with E-state index in [9.17, 15) is 19.4 Å². The van der Waals surface area contributed by atoms with Gasteiger partial charge in [-0.1, -0.05) is 6.42 Å². The SMILES string of the molecule is O=C(c1nn(-c2ccc(F)cc2)c2c1CCCCC2)N1CCC(CO)C(O)C1. The molecule has 4 rings (SSSR count). The van der Waals surface area contributed by atoms with Gasteiger partial charge in [-0.15, -0.1) is 0 Å². The zero-order valence-electron chi connectivity index (χ0n) is 15.9. The van der Waals surface area contributed by atoms with Crippen molar-refractivity contribution in [1.29, 1.82) is 0 Å². The molecule has 0 spiro atoms. The Morgan fingerprint density at radius 2 is 1.93 bits per heavy atom. The van der Waals surface area contributed by atoms with Crippen LogP contribution in [0.1, 0.15) is 47.4 Å². The Balaban J connectivity index is 1.69. The highest BCUT2D eigenvalue weighted by Gasteiger charge is 2.33. The molecule has 0 bridgehead atoms. The van der Waals surface area contributed by atoms with Gasteiger partial charge >= 0.3 is 0 Å². The molecule has 1 amide bonds. The van der Waals surface area contributed by atoms with E-state index in [1.165, 1.54) is 12.1 Å². The number of halogens is 1. The Morgan fingerprint density at radius 3 is 2.64 bits per heavy atom. The van der Waals surface area contributed by atoms with Crippen LogP contribution in [0.25, 0.3) is 5.69 Å². The van der Waals surface area contributed by atoms with E-state index in [2.05, 4.69) is 5.10 Å². The molecule has 2 heterocycles. The zero-order valence-corrected chi connectivity index (χ0v) is 15.9. The number of hydrogen-bond acceptors (Lipinski definition) is 4. The normalized spacial score (nSPS) is 22.6. The number of hydrogen-bond donors (Lipinski definition) is 2. The summed E-state index contributed by atoms with van der Waals surface area (Å²) in [7, 11) is 0. The molecule has 1 aliphatic heterocycles. The summed E-state index contributed by atoms with van der Waals surface area (Å²) in [6.07, 6.45) is 4.64. The van der Waals surface area contributed by atoms with Crippen molar-refractivity contribution in [3.63, 3.8) is 0 Å². The first kappa shape index (κ1) is 19.1. The standard InChI is InChI=1S/C21H26FN3O3/c22-15-6-8-16(9-7-15)25-18-5-3-1-2-4-17(18)20(23-25)21(28)24-11-10-14(13-26)19(27)12-24/h6-9,14,19,26-27H,1-5,10-13H2. The Hall–Kier alpha value is -2.25. The molecule has 2 atom stereocenters. The number of amides is 1. The van der Waals surface area contributed by atoms with Gasteiger partial charge in [0, 0.05) is 36.9 Å². The lowest BCUT2D eigenvalue weighted by Crippen LogP contribution is -2.47. The van der Waals surface area contributed by atoms with Crippen molar-refractivity contribution < 1.29 is 19.4 Å². The van der Waals surface area contributed by atoms with E-state index in [0.29, 0.717) is 18.7 Å². The molecule has 1 aliphatic carbocycles. The highest BCUT2D eigenvalue weighted by Crippen LogP contribution is 2.28. The molecule has 6 nitrogen and oxygen atoms in total. The van der Waals surface area contributed by atoms with Gasteiger partial charge in [-0.2, -0.15) is 5.10 Å². The van der Waals surface area contributed by atoms with Gasteiger partial charge in [-0.25, -0.2) is 9.07 Å². The van der Waals surface area contributed by atoms with Crippen molar-refractivity contribution in [3.8, 4) is 5.69 Å². The number of rotatable bonds is 3. The smallest absolute Gasteiger partial charge is 0.274 e. The van der Waals surface area contributed by atoms with Crippen molar-refractivity contribution in [2.45, 2.75) is 44.6 Å². The summed E-state index contributed by atoms with van der Waals surface area (Å²) >= 11 is 0. The Labute approximate surface area is 163 Å². The van der Waals surface area contributed by atoms with Crippen molar-refractivity contribution >= 4 is 5.91 Å². The van der Waals surface area contributed by atoms with E-state index < -0.39 is 6.10 Å². The number of β-amino-alcohol motifs (C(OH)–C–C–N with tert-alkyl or cyclic N) is 1. The minimum Gasteiger partial charge on any atom is -0.396 e. The van der Waals surface area contributed by atoms with Gasteiger partial charge in [0.05, 0.1) is 11.8 Å². The van der Waals surface area contributed by atoms with Crippen molar-refractivity contribution in [2.75, 3.05) is 19.7 Å². The second-order valence-corrected chi connectivity index (χ2v) is 7.77. The first-order valence-electron chi connectivity index (χ1n) is 10.0. The number of carbonyl (C=O) groups is 1. The predicted molar refractivity (Wildman–Crippen MR) is 102 cm³/mol. The summed E-state index contributed by atoms with van der Waals surface area (Å²) in [6.45, 7) is 0.638. The van der Waals surface area contributed by atoms with E-state index >= 15 is 0 Å². The third-order valence-electron chi connectivity index (χ3n) is 5.95. The maximum absolute atomic E-state index is 13.3. The average Bonchev–Trinajstić information content (AvgIpc) is 2.89. The number of aliphatic hydroxyl groups is 2. The molecule has 2 aliphatic rings. The molecule has 7 heteroatoms. The largest absolute Gasteiger partial charge is 0.396 e. The van der Waals surface area contributed by atoms with Gasteiger partial charge < -0.3 is 15.1 Å². The van der Waals surface area contributed by atoms with E-state index in [0.717, 1.165) is 49.0 Å². The van der Waals surface area contributed by atoms with Gasteiger partial charge in [0.2, 0.25) is 0 Å². The van der Waals surface area contributed by atoms with Crippen molar-refractivity contribution in [2.24, 2.45) is 5.92 Å². The molecule has 1 aromatic carbocycles. The van der Waals surface area contributed by atoms with Crippen LogP contribution >= 0.6 is 0 Å². The van der Waals surface area contributed by atoms with Crippen molar-refractivity contribution in [1.82, 2.24) is 14.7 Å². The minimum atomic E-state index is -0.722. The maximum atomic E-state index is 13.3. The van der Waals surface area contributed by atoms with Gasteiger partial charge in [0.1, 0.15) is 5.82 Å². The van der Waals surface area contributed by atoms with Gasteiger partial charge in [-0.05, 0) is 56.4 Å². The Kier molecular flexibility index (Phi) is 5.46. The molecule has 28 heavy (non-hydrogen) atoms. The number of benzene rings is 1. The number of aliphatic hydroxyl groups excluding tert-OH is 2. The summed E-state index contributed by atoms with van der Waals surface area (Å²) in [6, 6.07) is 6.16. The number of piperidine rings is 1. The highest BCUT2D eigenvalue weighted by molar-refractivity contribution is 5.94. The molecule has 1 fully saturated rings. The third-order valence-corrected chi connectivity index (χ3v) is 5.95. The zero-order chi connectivity index (χ0) is 19.7. The van der Waals surface area contributed by atoms with E-state index in [-0.39, 0.29) is 30.8 Å². The summed E-state index contributed by atoms with van der Waals surface area (Å²) < 4.78 is 15.1. The molecule has 1 saturated heterocycles. The van der Waals surface area contributed by atoms with Crippen LogP contribution in [-0.4, -0.2) is 56.6 Å². The van der Waals surface area contributed by atoms with Gasteiger partial charge in [-0.3, -0.25) is 4.79 Å². The summed E-state index contributed by atoms with van der Waals surface area (Å²) in [5.74, 6) is -0.661. The van der Waals surface area contributed by atoms with E-state index in [1.807, 2.05) is 0 Å². The fraction of sp³-hybridized carbons (Fsp3) is 0.524. The van der Waals surface area contributed by atoms with Crippen LogP contribution in [0.2, 0.25) is 0 Å². The minimum absolute atomic E-state index is 0.0716. The highest BCUT2D eigenvalue weighted by atomic mass is 19.1. The van der Waals surface area contributed by atoms with Crippen molar-refractivity contribution in [3.05, 3.63) is 47.0 Å². The number of likely N-dealkylation sites (tertiary alicyclic amines) is 1. The fourth-order valence-corrected chi connectivity index (χ4v) is 4.27. The lowest BCUT2D eigenvalue weighted by molar-refractivity contribution is 0.000598. The molecule has 150 valence electrons. The summed E-state index contributed by atoms with van der Waals surface area (Å²) in [4.78, 5) is 14.9. The van der Waals surface area contributed by atoms with Crippen LogP contribution in [-0.2, 0) is 12.8 Å². The number of nitrogens with zero attached hydrogens (tertiary/aromatic N) is 3. The maximum Gasteiger partial charge on any atom is 0.274 e. The van der Waals surface area contributed by atoms with Gasteiger partial charge in [0.25, 0.3) is 5.91 Å². The first-order chi connectivity index (χ1) is 13.6. The van der Waals surface area contributed by atoms with Crippen LogP contribution in [0.3, 0.4) is 0 Å².